The van der Waals surface area contributed by atoms with Gasteiger partial charge in [-0.15, -0.1) is 0 Å². The van der Waals surface area contributed by atoms with Crippen molar-refractivity contribution in [1.82, 2.24) is 4.98 Å². The minimum atomic E-state index is -4.13. The van der Waals surface area contributed by atoms with Crippen LogP contribution < -0.4 is 10.5 Å². The van der Waals surface area contributed by atoms with Crippen LogP contribution in [0, 0.1) is 17.5 Å². The first-order chi connectivity index (χ1) is 14.9. The molecule has 0 amide bonds. The lowest BCUT2D eigenvalue weighted by Crippen LogP contribution is -2.48. The normalized spacial score (nSPS) is 23.2. The third kappa shape index (κ3) is 4.73. The molecular weight excluding hydrogens is 447 g/mol. The predicted molar refractivity (Wildman–Crippen MR) is 113 cm³/mol. The van der Waals surface area contributed by atoms with E-state index in [1.54, 1.807) is 6.92 Å². The van der Waals surface area contributed by atoms with E-state index in [9.17, 15) is 21.6 Å². The summed E-state index contributed by atoms with van der Waals surface area (Å²) in [6.45, 7) is 4.94. The molecule has 1 aromatic heterocycles. The second-order valence-corrected chi connectivity index (χ2v) is 10.6. The van der Waals surface area contributed by atoms with Crippen LogP contribution in [0.25, 0.3) is 0 Å². The molecule has 0 radical (unpaired) electrons. The van der Waals surface area contributed by atoms with Gasteiger partial charge in [-0.25, -0.2) is 26.6 Å². The van der Waals surface area contributed by atoms with Gasteiger partial charge in [0.05, 0.1) is 30.7 Å². The smallest absolute Gasteiger partial charge is 0.256 e. The van der Waals surface area contributed by atoms with Crippen LogP contribution in [0.2, 0.25) is 0 Å². The zero-order chi connectivity index (χ0) is 23.7. The van der Waals surface area contributed by atoms with Crippen molar-refractivity contribution >= 4 is 15.7 Å². The van der Waals surface area contributed by atoms with Crippen molar-refractivity contribution in [3.05, 3.63) is 53.5 Å². The van der Waals surface area contributed by atoms with Gasteiger partial charge in [0.1, 0.15) is 28.0 Å². The molecule has 2 atom stereocenters. The summed E-state index contributed by atoms with van der Waals surface area (Å²) in [6, 6.07) is 3.94. The van der Waals surface area contributed by atoms with Crippen LogP contribution in [0.15, 0.2) is 35.5 Å². The highest BCUT2D eigenvalue weighted by atomic mass is 32.2. The maximum Gasteiger partial charge on any atom is 0.256 e. The first-order valence-corrected chi connectivity index (χ1v) is 11.4. The fourth-order valence-corrected chi connectivity index (χ4v) is 5.43. The molecule has 2 heterocycles. The number of nitrogens with two attached hydrogens (primary N) is 1. The molecule has 0 aliphatic carbocycles. The average molecular weight is 472 g/mol. The van der Waals surface area contributed by atoms with Crippen molar-refractivity contribution in [2.45, 2.75) is 43.3 Å². The molecule has 0 unspecified atom stereocenters. The van der Waals surface area contributed by atoms with Crippen LogP contribution >= 0.6 is 0 Å². The van der Waals surface area contributed by atoms with Crippen LogP contribution in [-0.4, -0.2) is 43.2 Å². The number of halogens is 3. The molecule has 0 bridgehead atoms. The highest BCUT2D eigenvalue weighted by Gasteiger charge is 2.46. The van der Waals surface area contributed by atoms with E-state index in [4.69, 9.17) is 15.2 Å². The largest absolute Gasteiger partial charge is 0.436 e. The van der Waals surface area contributed by atoms with Crippen LogP contribution in [0.4, 0.5) is 13.2 Å². The van der Waals surface area contributed by atoms with Crippen LogP contribution in [0.3, 0.4) is 0 Å². The van der Waals surface area contributed by atoms with Crippen molar-refractivity contribution in [1.29, 1.82) is 0 Å². The Morgan fingerprint density at radius 3 is 2.59 bits per heavy atom. The van der Waals surface area contributed by atoms with Gasteiger partial charge in [0.15, 0.2) is 15.7 Å². The van der Waals surface area contributed by atoms with Gasteiger partial charge < -0.3 is 15.2 Å². The average Bonchev–Trinajstić information content (AvgIpc) is 2.72. The molecule has 0 saturated heterocycles. The van der Waals surface area contributed by atoms with Crippen LogP contribution in [0.1, 0.15) is 38.0 Å². The van der Waals surface area contributed by atoms with Gasteiger partial charge in [0.25, 0.3) is 5.88 Å². The second-order valence-electron chi connectivity index (χ2n) is 7.95. The summed E-state index contributed by atoms with van der Waals surface area (Å²) in [5, 5.41) is -1.35. The Kier molecular flexibility index (Phi) is 6.80. The molecule has 0 spiro atoms. The van der Waals surface area contributed by atoms with Crippen molar-refractivity contribution < 1.29 is 31.1 Å². The second kappa shape index (κ2) is 9.07. The van der Waals surface area contributed by atoms with Crippen molar-refractivity contribution in [3.63, 3.8) is 0 Å². The lowest BCUT2D eigenvalue weighted by atomic mass is 10.1. The molecule has 1 aliphatic rings. The molecule has 32 heavy (non-hydrogen) atoms. The summed E-state index contributed by atoms with van der Waals surface area (Å²) in [7, 11) is -4.13. The Bertz CT molecular complexity index is 1140. The number of nitrogens with zero attached hydrogens (tertiary/aromatic N) is 2. The summed E-state index contributed by atoms with van der Waals surface area (Å²) < 4.78 is 78.5. The number of amidine groups is 1. The van der Waals surface area contributed by atoms with Crippen molar-refractivity contribution in [2.24, 2.45) is 10.7 Å². The standard InChI is InChI=1S/C21H24F3N3O4S/c1-12-8-18(32(28,29)21(2,3)20(25)26-6-7-30-12)15-10-14(4-5-16(15)23)31-19-17(24)9-13(22)11-27-19/h4-5,9-12,18H,6-8H2,1-3H3,(H2,25,26)/t12-,18+/m0/s1. The number of hydrogen-bond donors (Lipinski definition) is 1. The number of pyridine rings is 1. The number of aromatic nitrogens is 1. The van der Waals surface area contributed by atoms with Crippen LogP contribution in [0.5, 0.6) is 11.6 Å². The molecule has 2 N–H and O–H groups in total. The number of aliphatic imine (C=N–C) groups is 1. The van der Waals surface area contributed by atoms with Gasteiger partial charge in [-0.3, -0.25) is 4.99 Å². The fraction of sp³-hybridized carbons (Fsp3) is 0.429. The minimum Gasteiger partial charge on any atom is -0.436 e. The van der Waals surface area contributed by atoms with Crippen molar-refractivity contribution in [3.8, 4) is 11.6 Å². The summed E-state index contributed by atoms with van der Waals surface area (Å²) in [6.07, 6.45) is 0.182. The van der Waals surface area contributed by atoms with Crippen LogP contribution in [-0.2, 0) is 14.6 Å². The number of ether oxygens (including phenoxy) is 2. The molecule has 7 nitrogen and oxygen atoms in total. The molecule has 3 rings (SSSR count). The van der Waals surface area contributed by atoms with E-state index in [1.807, 2.05) is 0 Å². The van der Waals surface area contributed by atoms with Gasteiger partial charge in [0.2, 0.25) is 0 Å². The third-order valence-corrected chi connectivity index (χ3v) is 8.15. The first-order valence-electron chi connectivity index (χ1n) is 9.87. The predicted octanol–water partition coefficient (Wildman–Crippen LogP) is 3.69. The minimum absolute atomic E-state index is 0.0530. The van der Waals surface area contributed by atoms with E-state index in [0.29, 0.717) is 6.07 Å². The molecular formula is C21H24F3N3O4S. The van der Waals surface area contributed by atoms with E-state index in [-0.39, 0.29) is 36.7 Å². The van der Waals surface area contributed by atoms with Gasteiger partial charge >= 0.3 is 0 Å². The number of sulfone groups is 1. The number of hydrogen-bond acceptors (Lipinski definition) is 7. The Morgan fingerprint density at radius 2 is 1.91 bits per heavy atom. The summed E-state index contributed by atoms with van der Waals surface area (Å²) in [4.78, 5) is 7.63. The van der Waals surface area contributed by atoms with E-state index >= 15 is 0 Å². The zero-order valence-electron chi connectivity index (χ0n) is 17.8. The highest BCUT2D eigenvalue weighted by Crippen LogP contribution is 2.39. The van der Waals surface area contributed by atoms with E-state index in [0.717, 1.165) is 18.3 Å². The molecule has 0 fully saturated rings. The van der Waals surface area contributed by atoms with Gasteiger partial charge in [-0.2, -0.15) is 0 Å². The number of rotatable bonds is 3. The highest BCUT2D eigenvalue weighted by molar-refractivity contribution is 7.93. The molecule has 11 heteroatoms. The lowest BCUT2D eigenvalue weighted by Gasteiger charge is -2.32. The Labute approximate surface area is 184 Å². The van der Waals surface area contributed by atoms with Crippen molar-refractivity contribution in [2.75, 3.05) is 13.2 Å². The lowest BCUT2D eigenvalue weighted by molar-refractivity contribution is 0.0648. The summed E-state index contributed by atoms with van der Waals surface area (Å²) in [5.74, 6) is -3.46. The van der Waals surface area contributed by atoms with Gasteiger partial charge in [-0.1, -0.05) is 0 Å². The summed E-state index contributed by atoms with van der Waals surface area (Å²) in [5.41, 5.74) is 5.78. The Balaban J connectivity index is 2.09. The van der Waals surface area contributed by atoms with Gasteiger partial charge in [-0.05, 0) is 45.4 Å². The molecule has 0 saturated carbocycles. The monoisotopic (exact) mass is 471 g/mol. The zero-order valence-corrected chi connectivity index (χ0v) is 18.6. The molecule has 1 aliphatic heterocycles. The Morgan fingerprint density at radius 1 is 1.19 bits per heavy atom. The SMILES string of the molecule is C[C@H]1C[C@H](c2cc(Oc3ncc(F)cc3F)ccc2F)S(=O)(=O)C(C)(C)C(N)=NCCO1. The maximum atomic E-state index is 14.9. The topological polar surface area (TPSA) is 104 Å². The van der Waals surface area contributed by atoms with E-state index in [1.165, 1.54) is 19.9 Å². The van der Waals surface area contributed by atoms with E-state index in [2.05, 4.69) is 9.98 Å². The van der Waals surface area contributed by atoms with Gasteiger partial charge in [0, 0.05) is 11.6 Å². The third-order valence-electron chi connectivity index (χ3n) is 5.33. The first kappa shape index (κ1) is 24.0. The Hall–Kier alpha value is -2.66. The molecule has 174 valence electrons. The number of benzene rings is 1. The van der Waals surface area contributed by atoms with E-state index < -0.39 is 49.3 Å². The fourth-order valence-electron chi connectivity index (χ4n) is 3.32. The summed E-state index contributed by atoms with van der Waals surface area (Å²) >= 11 is 0. The maximum absolute atomic E-state index is 14.9. The molecule has 2 aromatic rings. The quantitative estimate of drug-likeness (QED) is 0.732. The molecule has 1 aromatic carbocycles.